The van der Waals surface area contributed by atoms with Crippen molar-refractivity contribution < 1.29 is 9.53 Å². The smallest absolute Gasteiger partial charge is 0.251 e. The summed E-state index contributed by atoms with van der Waals surface area (Å²) in [4.78, 5) is 23.9. The summed E-state index contributed by atoms with van der Waals surface area (Å²) >= 11 is 6.03. The van der Waals surface area contributed by atoms with Crippen LogP contribution in [0.3, 0.4) is 0 Å². The van der Waals surface area contributed by atoms with Gasteiger partial charge in [-0.25, -0.2) is 0 Å². The van der Waals surface area contributed by atoms with E-state index in [1.807, 2.05) is 13.8 Å². The molecule has 22 heavy (non-hydrogen) atoms. The minimum atomic E-state index is -0.314. The van der Waals surface area contributed by atoms with Crippen LogP contribution >= 0.6 is 11.6 Å². The fraction of sp³-hybridized carbons (Fsp3) is 0.250. The number of rotatable bonds is 4. The number of anilines is 1. The van der Waals surface area contributed by atoms with Crippen LogP contribution in [0.5, 0.6) is 5.75 Å². The van der Waals surface area contributed by atoms with E-state index in [0.29, 0.717) is 16.5 Å². The van der Waals surface area contributed by atoms with Gasteiger partial charge in [0.1, 0.15) is 12.3 Å². The molecular formula is C16H17ClN2O3. The minimum absolute atomic E-state index is 0.0655. The average Bonchev–Trinajstić information content (AvgIpc) is 2.45. The highest BCUT2D eigenvalue weighted by atomic mass is 35.5. The maximum Gasteiger partial charge on any atom is 0.251 e. The van der Waals surface area contributed by atoms with Gasteiger partial charge in [0.05, 0.1) is 12.8 Å². The first-order valence-electron chi connectivity index (χ1n) is 6.72. The Morgan fingerprint density at radius 1 is 1.32 bits per heavy atom. The summed E-state index contributed by atoms with van der Waals surface area (Å²) in [5, 5.41) is 3.30. The first-order chi connectivity index (χ1) is 10.4. The molecule has 0 aliphatic rings. The molecule has 0 radical (unpaired) electrons. The summed E-state index contributed by atoms with van der Waals surface area (Å²) in [6.45, 7) is 3.60. The van der Waals surface area contributed by atoms with E-state index in [9.17, 15) is 9.59 Å². The zero-order chi connectivity index (χ0) is 16.3. The van der Waals surface area contributed by atoms with Crippen molar-refractivity contribution >= 4 is 23.2 Å². The first kappa shape index (κ1) is 16.1. The Kier molecular flexibility index (Phi) is 4.88. The number of hydrogen-bond acceptors (Lipinski definition) is 3. The molecule has 0 saturated carbocycles. The lowest BCUT2D eigenvalue weighted by Crippen LogP contribution is -2.27. The van der Waals surface area contributed by atoms with Gasteiger partial charge in [-0.2, -0.15) is 0 Å². The number of aryl methyl sites for hydroxylation is 2. The SMILES string of the molecule is COc1cc(Cl)c(C)cc1NC(=O)Cn1ccc(C)cc1=O. The van der Waals surface area contributed by atoms with Gasteiger partial charge in [0.15, 0.2) is 0 Å². The van der Waals surface area contributed by atoms with Crippen molar-refractivity contribution in [1.29, 1.82) is 0 Å². The average molecular weight is 321 g/mol. The van der Waals surface area contributed by atoms with E-state index < -0.39 is 0 Å². The topological polar surface area (TPSA) is 60.3 Å². The number of nitrogens with zero attached hydrogens (tertiary/aromatic N) is 1. The quantitative estimate of drug-likeness (QED) is 0.942. The Labute approximate surface area is 133 Å². The molecule has 1 N–H and O–H groups in total. The lowest BCUT2D eigenvalue weighted by atomic mass is 10.2. The van der Waals surface area contributed by atoms with E-state index in [4.69, 9.17) is 16.3 Å². The summed E-state index contributed by atoms with van der Waals surface area (Å²) in [6.07, 6.45) is 1.60. The Morgan fingerprint density at radius 3 is 2.68 bits per heavy atom. The van der Waals surface area contributed by atoms with Gasteiger partial charge in [-0.1, -0.05) is 11.6 Å². The molecule has 1 amide bonds. The number of hydrogen-bond donors (Lipinski definition) is 1. The molecule has 0 unspecified atom stereocenters. The second-order valence-corrected chi connectivity index (χ2v) is 5.43. The number of benzene rings is 1. The molecule has 116 valence electrons. The molecule has 0 spiro atoms. The molecule has 0 atom stereocenters. The molecule has 1 aromatic heterocycles. The monoisotopic (exact) mass is 320 g/mol. The summed E-state index contributed by atoms with van der Waals surface area (Å²) < 4.78 is 6.55. The van der Waals surface area contributed by atoms with Gasteiger partial charge in [-0.15, -0.1) is 0 Å². The van der Waals surface area contributed by atoms with Crippen LogP contribution in [-0.4, -0.2) is 17.6 Å². The highest BCUT2D eigenvalue weighted by Gasteiger charge is 2.11. The molecule has 1 aromatic carbocycles. The third kappa shape index (κ3) is 3.68. The van der Waals surface area contributed by atoms with E-state index in [-0.39, 0.29) is 18.0 Å². The Balaban J connectivity index is 2.19. The second kappa shape index (κ2) is 6.66. The van der Waals surface area contributed by atoms with Gasteiger partial charge < -0.3 is 14.6 Å². The van der Waals surface area contributed by atoms with Crippen molar-refractivity contribution in [2.24, 2.45) is 0 Å². The molecule has 0 fully saturated rings. The number of methoxy groups -OCH3 is 1. The van der Waals surface area contributed by atoms with Crippen LogP contribution in [0.15, 0.2) is 35.3 Å². The normalized spacial score (nSPS) is 10.4. The van der Waals surface area contributed by atoms with Crippen LogP contribution in [-0.2, 0) is 11.3 Å². The van der Waals surface area contributed by atoms with Crippen molar-refractivity contribution in [2.75, 3.05) is 12.4 Å². The number of nitrogens with one attached hydrogen (secondary N) is 1. The summed E-state index contributed by atoms with van der Waals surface area (Å²) in [7, 11) is 1.50. The van der Waals surface area contributed by atoms with Crippen LogP contribution in [0.1, 0.15) is 11.1 Å². The third-order valence-corrected chi connectivity index (χ3v) is 3.63. The zero-order valence-electron chi connectivity index (χ0n) is 12.6. The van der Waals surface area contributed by atoms with Crippen LogP contribution < -0.4 is 15.6 Å². The lowest BCUT2D eigenvalue weighted by molar-refractivity contribution is -0.116. The predicted molar refractivity (Wildman–Crippen MR) is 86.8 cm³/mol. The minimum Gasteiger partial charge on any atom is -0.495 e. The van der Waals surface area contributed by atoms with E-state index >= 15 is 0 Å². The molecule has 0 bridgehead atoms. The predicted octanol–water partition coefficient (Wildman–Crippen LogP) is 2.77. The number of ether oxygens (including phenoxy) is 1. The Bertz CT molecular complexity index is 768. The number of carbonyl (C=O) groups is 1. The molecule has 6 heteroatoms. The standard InChI is InChI=1S/C16H17ClN2O3/c1-10-4-5-19(16(21)6-10)9-15(20)18-13-7-11(2)12(17)8-14(13)22-3/h4-8H,9H2,1-3H3,(H,18,20). The van der Waals surface area contributed by atoms with Gasteiger partial charge in [-0.05, 0) is 37.1 Å². The van der Waals surface area contributed by atoms with Gasteiger partial charge >= 0.3 is 0 Å². The Hall–Kier alpha value is -2.27. The van der Waals surface area contributed by atoms with Crippen LogP contribution in [0, 0.1) is 13.8 Å². The number of carbonyl (C=O) groups excluding carboxylic acids is 1. The van der Waals surface area contributed by atoms with Crippen molar-refractivity contribution in [2.45, 2.75) is 20.4 Å². The molecular weight excluding hydrogens is 304 g/mol. The molecule has 0 aliphatic carbocycles. The van der Waals surface area contributed by atoms with Crippen molar-refractivity contribution in [3.63, 3.8) is 0 Å². The summed E-state index contributed by atoms with van der Waals surface area (Å²) in [5.41, 5.74) is 1.99. The molecule has 0 saturated heterocycles. The number of amides is 1. The zero-order valence-corrected chi connectivity index (χ0v) is 13.4. The van der Waals surface area contributed by atoms with Crippen molar-refractivity contribution in [1.82, 2.24) is 4.57 Å². The Morgan fingerprint density at radius 2 is 2.05 bits per heavy atom. The van der Waals surface area contributed by atoms with Gasteiger partial charge in [-0.3, -0.25) is 9.59 Å². The van der Waals surface area contributed by atoms with E-state index in [1.165, 1.54) is 17.7 Å². The van der Waals surface area contributed by atoms with Crippen LogP contribution in [0.2, 0.25) is 5.02 Å². The fourth-order valence-electron chi connectivity index (χ4n) is 2.01. The van der Waals surface area contributed by atoms with Gasteiger partial charge in [0, 0.05) is 23.4 Å². The van der Waals surface area contributed by atoms with Crippen molar-refractivity contribution in [3.05, 3.63) is 57.0 Å². The van der Waals surface area contributed by atoms with Crippen molar-refractivity contribution in [3.8, 4) is 5.75 Å². The number of pyridine rings is 1. The van der Waals surface area contributed by atoms with Gasteiger partial charge in [0.2, 0.25) is 5.91 Å². The van der Waals surface area contributed by atoms with E-state index in [0.717, 1.165) is 11.1 Å². The highest BCUT2D eigenvalue weighted by molar-refractivity contribution is 6.31. The van der Waals surface area contributed by atoms with Crippen LogP contribution in [0.25, 0.3) is 0 Å². The number of halogens is 1. The maximum atomic E-state index is 12.1. The number of aromatic nitrogens is 1. The van der Waals surface area contributed by atoms with E-state index in [2.05, 4.69) is 5.32 Å². The highest BCUT2D eigenvalue weighted by Crippen LogP contribution is 2.30. The molecule has 2 rings (SSSR count). The largest absolute Gasteiger partial charge is 0.495 e. The molecule has 5 nitrogen and oxygen atoms in total. The first-order valence-corrected chi connectivity index (χ1v) is 7.09. The maximum absolute atomic E-state index is 12.1. The molecule has 2 aromatic rings. The summed E-state index contributed by atoms with van der Waals surface area (Å²) in [6, 6.07) is 6.64. The molecule has 1 heterocycles. The van der Waals surface area contributed by atoms with Gasteiger partial charge in [0.25, 0.3) is 5.56 Å². The lowest BCUT2D eigenvalue weighted by Gasteiger charge is -2.13. The van der Waals surface area contributed by atoms with Crippen LogP contribution in [0.4, 0.5) is 5.69 Å². The summed E-state index contributed by atoms with van der Waals surface area (Å²) in [5.74, 6) is 0.158. The second-order valence-electron chi connectivity index (χ2n) is 5.02. The van der Waals surface area contributed by atoms with E-state index in [1.54, 1.807) is 24.4 Å². The third-order valence-electron chi connectivity index (χ3n) is 3.22. The molecule has 0 aliphatic heterocycles. The fourth-order valence-corrected chi connectivity index (χ4v) is 2.17.